The van der Waals surface area contributed by atoms with Gasteiger partial charge in [0.2, 0.25) is 0 Å². The van der Waals surface area contributed by atoms with Gasteiger partial charge in [-0.05, 0) is 44.1 Å². The Morgan fingerprint density at radius 3 is 2.90 bits per heavy atom. The molecule has 5 heteroatoms. The SMILES string of the molecule is C=CC(=O)OCC(CC)ONCC1CCCC(CN)C1. The zero-order chi connectivity index (χ0) is 14.8. The highest BCUT2D eigenvalue weighted by Crippen LogP contribution is 2.27. The molecule has 0 radical (unpaired) electrons. The minimum absolute atomic E-state index is 0.118. The molecule has 0 amide bonds. The van der Waals surface area contributed by atoms with Crippen molar-refractivity contribution < 1.29 is 14.4 Å². The van der Waals surface area contributed by atoms with Gasteiger partial charge >= 0.3 is 5.97 Å². The summed E-state index contributed by atoms with van der Waals surface area (Å²) in [4.78, 5) is 16.6. The van der Waals surface area contributed by atoms with Crippen LogP contribution in [0.3, 0.4) is 0 Å². The number of hydrogen-bond acceptors (Lipinski definition) is 5. The van der Waals surface area contributed by atoms with Gasteiger partial charge in [0.05, 0.1) is 0 Å². The molecule has 1 saturated carbocycles. The highest BCUT2D eigenvalue weighted by molar-refractivity contribution is 5.81. The van der Waals surface area contributed by atoms with Crippen LogP contribution in [0.5, 0.6) is 0 Å². The standard InChI is InChI=1S/C15H28N2O3/c1-3-14(11-19-15(18)4-2)20-17-10-13-7-5-6-12(8-13)9-16/h4,12-14,17H,2-3,5-11,16H2,1H3. The molecule has 0 bridgehead atoms. The number of hydroxylamine groups is 1. The molecule has 0 heterocycles. The average Bonchev–Trinajstić information content (AvgIpc) is 2.50. The third-order valence-electron chi connectivity index (χ3n) is 3.88. The summed E-state index contributed by atoms with van der Waals surface area (Å²) in [5.41, 5.74) is 8.77. The Hall–Kier alpha value is -0.910. The molecule has 3 atom stereocenters. The summed E-state index contributed by atoms with van der Waals surface area (Å²) in [5, 5.41) is 0. The maximum atomic E-state index is 11.0. The van der Waals surface area contributed by atoms with Crippen molar-refractivity contribution in [2.24, 2.45) is 17.6 Å². The van der Waals surface area contributed by atoms with Gasteiger partial charge in [-0.1, -0.05) is 19.9 Å². The summed E-state index contributed by atoms with van der Waals surface area (Å²) < 4.78 is 4.98. The molecule has 3 N–H and O–H groups in total. The maximum Gasteiger partial charge on any atom is 0.330 e. The molecule has 0 aromatic carbocycles. The van der Waals surface area contributed by atoms with E-state index in [0.29, 0.717) is 11.8 Å². The minimum atomic E-state index is -0.412. The van der Waals surface area contributed by atoms with Crippen LogP contribution in [0.15, 0.2) is 12.7 Å². The van der Waals surface area contributed by atoms with Gasteiger partial charge < -0.3 is 10.5 Å². The van der Waals surface area contributed by atoms with Crippen molar-refractivity contribution in [3.8, 4) is 0 Å². The number of esters is 1. The van der Waals surface area contributed by atoms with Gasteiger partial charge in [0.1, 0.15) is 12.7 Å². The molecule has 20 heavy (non-hydrogen) atoms. The van der Waals surface area contributed by atoms with E-state index in [9.17, 15) is 4.79 Å². The number of carbonyl (C=O) groups excluding carboxylic acids is 1. The summed E-state index contributed by atoms with van der Waals surface area (Å²) >= 11 is 0. The van der Waals surface area contributed by atoms with Crippen LogP contribution in [0.2, 0.25) is 0 Å². The van der Waals surface area contributed by atoms with Gasteiger partial charge in [0.15, 0.2) is 0 Å². The molecular formula is C15H28N2O3. The number of carbonyl (C=O) groups is 1. The summed E-state index contributed by atoms with van der Waals surface area (Å²) in [5.74, 6) is 0.877. The second-order valence-electron chi connectivity index (χ2n) is 5.47. The molecule has 1 aliphatic carbocycles. The van der Waals surface area contributed by atoms with E-state index in [1.807, 2.05) is 6.92 Å². The lowest BCUT2D eigenvalue weighted by atomic mass is 9.81. The zero-order valence-electron chi connectivity index (χ0n) is 12.5. The molecule has 0 aromatic heterocycles. The van der Waals surface area contributed by atoms with Crippen LogP contribution in [0.1, 0.15) is 39.0 Å². The van der Waals surface area contributed by atoms with Crippen molar-refractivity contribution in [2.75, 3.05) is 19.7 Å². The second-order valence-corrected chi connectivity index (χ2v) is 5.47. The van der Waals surface area contributed by atoms with E-state index in [-0.39, 0.29) is 12.7 Å². The Balaban J connectivity index is 2.17. The molecule has 0 aromatic rings. The van der Waals surface area contributed by atoms with Gasteiger partial charge in [0, 0.05) is 12.6 Å². The van der Waals surface area contributed by atoms with Crippen molar-refractivity contribution in [2.45, 2.75) is 45.1 Å². The summed E-state index contributed by atoms with van der Waals surface area (Å²) in [6.07, 6.45) is 6.74. The zero-order valence-corrected chi connectivity index (χ0v) is 12.5. The first-order valence-electron chi connectivity index (χ1n) is 7.57. The minimum Gasteiger partial charge on any atom is -0.460 e. The van der Waals surface area contributed by atoms with Crippen LogP contribution in [0.25, 0.3) is 0 Å². The van der Waals surface area contributed by atoms with Crippen LogP contribution in [0.4, 0.5) is 0 Å². The first kappa shape index (κ1) is 17.1. The fraction of sp³-hybridized carbons (Fsp3) is 0.800. The van der Waals surface area contributed by atoms with Gasteiger partial charge in [-0.2, -0.15) is 0 Å². The Morgan fingerprint density at radius 1 is 1.50 bits per heavy atom. The quantitative estimate of drug-likeness (QED) is 0.383. The van der Waals surface area contributed by atoms with Gasteiger partial charge in [-0.15, -0.1) is 0 Å². The number of ether oxygens (including phenoxy) is 1. The van der Waals surface area contributed by atoms with Crippen molar-refractivity contribution >= 4 is 5.97 Å². The molecule has 0 saturated heterocycles. The fourth-order valence-corrected chi connectivity index (χ4v) is 2.55. The first-order chi connectivity index (χ1) is 9.69. The van der Waals surface area contributed by atoms with Crippen molar-refractivity contribution in [3.05, 3.63) is 12.7 Å². The first-order valence-corrected chi connectivity index (χ1v) is 7.57. The van der Waals surface area contributed by atoms with Crippen LogP contribution in [-0.4, -0.2) is 31.8 Å². The van der Waals surface area contributed by atoms with E-state index in [0.717, 1.165) is 25.6 Å². The van der Waals surface area contributed by atoms with E-state index < -0.39 is 5.97 Å². The van der Waals surface area contributed by atoms with Crippen LogP contribution in [-0.2, 0) is 14.4 Å². The Bertz CT molecular complexity index is 297. The van der Waals surface area contributed by atoms with Gasteiger partial charge in [-0.25, -0.2) is 10.3 Å². The molecule has 0 spiro atoms. The molecule has 1 rings (SSSR count). The lowest BCUT2D eigenvalue weighted by Crippen LogP contribution is -2.34. The van der Waals surface area contributed by atoms with E-state index in [2.05, 4.69) is 12.1 Å². The largest absolute Gasteiger partial charge is 0.460 e. The maximum absolute atomic E-state index is 11.0. The smallest absolute Gasteiger partial charge is 0.330 e. The van der Waals surface area contributed by atoms with E-state index >= 15 is 0 Å². The third-order valence-corrected chi connectivity index (χ3v) is 3.88. The monoisotopic (exact) mass is 284 g/mol. The molecule has 0 aliphatic heterocycles. The summed E-state index contributed by atoms with van der Waals surface area (Å²) in [6, 6.07) is 0. The van der Waals surface area contributed by atoms with Crippen molar-refractivity contribution in [1.29, 1.82) is 0 Å². The van der Waals surface area contributed by atoms with Crippen molar-refractivity contribution in [3.63, 3.8) is 0 Å². The second kappa shape index (κ2) is 9.91. The van der Waals surface area contributed by atoms with Gasteiger partial charge in [-0.3, -0.25) is 4.84 Å². The predicted molar refractivity (Wildman–Crippen MR) is 78.8 cm³/mol. The lowest BCUT2D eigenvalue weighted by Gasteiger charge is -2.28. The topological polar surface area (TPSA) is 73.6 Å². The van der Waals surface area contributed by atoms with Crippen molar-refractivity contribution in [1.82, 2.24) is 5.48 Å². The summed E-state index contributed by atoms with van der Waals surface area (Å²) in [6.45, 7) is 7.24. The molecular weight excluding hydrogens is 256 g/mol. The molecule has 1 fully saturated rings. The van der Waals surface area contributed by atoms with Crippen LogP contribution in [0, 0.1) is 11.8 Å². The Labute approximate surface area is 121 Å². The molecule has 1 aliphatic rings. The Kier molecular flexibility index (Phi) is 8.49. The number of hydrogen-bond donors (Lipinski definition) is 2. The molecule has 5 nitrogen and oxygen atoms in total. The number of nitrogens with one attached hydrogen (secondary N) is 1. The number of rotatable bonds is 9. The van der Waals surface area contributed by atoms with E-state index in [1.54, 1.807) is 0 Å². The average molecular weight is 284 g/mol. The highest BCUT2D eigenvalue weighted by atomic mass is 16.7. The predicted octanol–water partition coefficient (Wildman–Crippen LogP) is 1.78. The lowest BCUT2D eigenvalue weighted by molar-refractivity contribution is -0.145. The molecule has 3 unspecified atom stereocenters. The Morgan fingerprint density at radius 2 is 2.25 bits per heavy atom. The molecule has 116 valence electrons. The number of nitrogens with two attached hydrogens (primary N) is 1. The van der Waals surface area contributed by atoms with Crippen LogP contribution < -0.4 is 11.2 Å². The summed E-state index contributed by atoms with van der Waals surface area (Å²) in [7, 11) is 0. The van der Waals surface area contributed by atoms with Crippen LogP contribution >= 0.6 is 0 Å². The third kappa shape index (κ3) is 6.50. The van der Waals surface area contributed by atoms with E-state index in [4.69, 9.17) is 15.3 Å². The fourth-order valence-electron chi connectivity index (χ4n) is 2.55. The normalized spacial score (nSPS) is 24.1. The van der Waals surface area contributed by atoms with E-state index in [1.165, 1.54) is 25.7 Å². The van der Waals surface area contributed by atoms with Gasteiger partial charge in [0.25, 0.3) is 0 Å². The highest BCUT2D eigenvalue weighted by Gasteiger charge is 2.21.